The van der Waals surface area contributed by atoms with Crippen molar-refractivity contribution < 1.29 is 12.8 Å². The molecule has 0 unspecified atom stereocenters. The molecule has 0 aliphatic heterocycles. The number of benzene rings is 1. The van der Waals surface area contributed by atoms with Gasteiger partial charge in [0.25, 0.3) is 0 Å². The minimum atomic E-state index is -3.34. The van der Waals surface area contributed by atoms with E-state index in [9.17, 15) is 12.8 Å². The molecule has 1 rings (SSSR count). The molecule has 4 nitrogen and oxygen atoms in total. The summed E-state index contributed by atoms with van der Waals surface area (Å²) in [6, 6.07) is 6.19. The van der Waals surface area contributed by atoms with Crippen LogP contribution in [0.2, 0.25) is 0 Å². The van der Waals surface area contributed by atoms with Crippen molar-refractivity contribution in [1.82, 2.24) is 9.62 Å². The topological polar surface area (TPSA) is 49.4 Å². The summed E-state index contributed by atoms with van der Waals surface area (Å²) in [5.41, 5.74) is 0.382. The Hall–Kier alpha value is -0.980. The third-order valence-electron chi connectivity index (χ3n) is 2.61. The molecule has 102 valence electrons. The van der Waals surface area contributed by atoms with E-state index in [0.717, 1.165) is 6.54 Å². The Morgan fingerprint density at radius 2 is 2.00 bits per heavy atom. The first-order chi connectivity index (χ1) is 8.47. The largest absolute Gasteiger partial charge is 0.316 e. The first-order valence-electron chi connectivity index (χ1n) is 5.85. The fourth-order valence-corrected chi connectivity index (χ4v) is 2.55. The summed E-state index contributed by atoms with van der Waals surface area (Å²) in [6.45, 7) is 3.10. The van der Waals surface area contributed by atoms with Crippen LogP contribution >= 0.6 is 0 Å². The molecule has 6 heteroatoms. The van der Waals surface area contributed by atoms with Crippen molar-refractivity contribution in [1.29, 1.82) is 0 Å². The number of hydrogen-bond donors (Lipinski definition) is 1. The summed E-state index contributed by atoms with van der Waals surface area (Å²) in [5, 5.41) is 2.95. The van der Waals surface area contributed by atoms with Crippen LogP contribution in [0.4, 0.5) is 4.39 Å². The minimum Gasteiger partial charge on any atom is -0.316 e. The van der Waals surface area contributed by atoms with Gasteiger partial charge in [-0.3, -0.25) is 0 Å². The van der Waals surface area contributed by atoms with E-state index >= 15 is 0 Å². The number of hydrogen-bond acceptors (Lipinski definition) is 3. The molecule has 0 heterocycles. The van der Waals surface area contributed by atoms with E-state index in [0.29, 0.717) is 12.1 Å². The summed E-state index contributed by atoms with van der Waals surface area (Å²) in [5.74, 6) is -0.363. The molecule has 0 saturated heterocycles. The molecule has 0 fully saturated rings. The highest BCUT2D eigenvalue weighted by Crippen LogP contribution is 2.11. The SMILES string of the molecule is CCNCCS(=O)(=O)N(C)Cc1ccccc1F. The molecule has 0 aromatic heterocycles. The van der Waals surface area contributed by atoms with Crippen LogP contribution < -0.4 is 5.32 Å². The lowest BCUT2D eigenvalue weighted by Crippen LogP contribution is -2.33. The fraction of sp³-hybridized carbons (Fsp3) is 0.500. The predicted molar refractivity (Wildman–Crippen MR) is 70.2 cm³/mol. The van der Waals surface area contributed by atoms with Gasteiger partial charge in [-0.15, -0.1) is 0 Å². The van der Waals surface area contributed by atoms with Gasteiger partial charge in [-0.25, -0.2) is 17.1 Å². The number of nitrogens with zero attached hydrogens (tertiary/aromatic N) is 1. The number of rotatable bonds is 7. The molecule has 18 heavy (non-hydrogen) atoms. The zero-order valence-electron chi connectivity index (χ0n) is 10.7. The first kappa shape index (κ1) is 15.1. The standard InChI is InChI=1S/C12H19FN2O2S/c1-3-14-8-9-18(16,17)15(2)10-11-6-4-5-7-12(11)13/h4-7,14H,3,8-10H2,1-2H3. The average Bonchev–Trinajstić information content (AvgIpc) is 2.32. The second-order valence-electron chi connectivity index (χ2n) is 4.02. The second kappa shape index (κ2) is 6.82. The lowest BCUT2D eigenvalue weighted by molar-refractivity contribution is 0.455. The molecule has 0 spiro atoms. The molecule has 0 aliphatic rings. The lowest BCUT2D eigenvalue weighted by Gasteiger charge is -2.17. The molecule has 0 radical (unpaired) electrons. The van der Waals surface area contributed by atoms with Crippen LogP contribution in [0.5, 0.6) is 0 Å². The molecule has 0 atom stereocenters. The van der Waals surface area contributed by atoms with Crippen molar-refractivity contribution in [3.63, 3.8) is 0 Å². The number of sulfonamides is 1. The zero-order chi connectivity index (χ0) is 13.6. The number of nitrogens with one attached hydrogen (secondary N) is 1. The van der Waals surface area contributed by atoms with Gasteiger partial charge in [0.2, 0.25) is 10.0 Å². The molecular weight excluding hydrogens is 255 g/mol. The van der Waals surface area contributed by atoms with Gasteiger partial charge in [0.05, 0.1) is 5.75 Å². The maximum atomic E-state index is 13.4. The van der Waals surface area contributed by atoms with Crippen LogP contribution in [0.3, 0.4) is 0 Å². The Morgan fingerprint density at radius 3 is 2.61 bits per heavy atom. The minimum absolute atomic E-state index is 0.0196. The lowest BCUT2D eigenvalue weighted by atomic mass is 10.2. The normalized spacial score (nSPS) is 12.0. The Labute approximate surface area is 108 Å². The molecule has 0 amide bonds. The van der Waals surface area contributed by atoms with Crippen molar-refractivity contribution in [2.45, 2.75) is 13.5 Å². The van der Waals surface area contributed by atoms with Gasteiger partial charge >= 0.3 is 0 Å². The van der Waals surface area contributed by atoms with Crippen molar-refractivity contribution >= 4 is 10.0 Å². The van der Waals surface area contributed by atoms with Gasteiger partial charge in [-0.05, 0) is 12.6 Å². The molecule has 1 N–H and O–H groups in total. The Morgan fingerprint density at radius 1 is 1.33 bits per heavy atom. The maximum absolute atomic E-state index is 13.4. The van der Waals surface area contributed by atoms with Crippen molar-refractivity contribution in [3.05, 3.63) is 35.6 Å². The van der Waals surface area contributed by atoms with Crippen LogP contribution in [-0.2, 0) is 16.6 Å². The monoisotopic (exact) mass is 274 g/mol. The van der Waals surface area contributed by atoms with Gasteiger partial charge in [-0.2, -0.15) is 0 Å². The number of halogens is 1. The quantitative estimate of drug-likeness (QED) is 0.760. The first-order valence-corrected chi connectivity index (χ1v) is 7.46. The summed E-state index contributed by atoms with van der Waals surface area (Å²) in [7, 11) is -1.88. The van der Waals surface area contributed by atoms with Crippen LogP contribution in [0.25, 0.3) is 0 Å². The second-order valence-corrected chi connectivity index (χ2v) is 6.21. The summed E-state index contributed by atoms with van der Waals surface area (Å²) >= 11 is 0. The summed E-state index contributed by atoms with van der Waals surface area (Å²) in [6.07, 6.45) is 0. The van der Waals surface area contributed by atoms with E-state index in [1.165, 1.54) is 17.4 Å². The van der Waals surface area contributed by atoms with Crippen LogP contribution in [0.15, 0.2) is 24.3 Å². The molecular formula is C12H19FN2O2S. The molecule has 0 bridgehead atoms. The van der Waals surface area contributed by atoms with Crippen molar-refractivity contribution in [2.24, 2.45) is 0 Å². The zero-order valence-corrected chi connectivity index (χ0v) is 11.5. The van der Waals surface area contributed by atoms with Gasteiger partial charge in [0, 0.05) is 25.7 Å². The predicted octanol–water partition coefficient (Wildman–Crippen LogP) is 1.20. The van der Waals surface area contributed by atoms with Crippen molar-refractivity contribution in [2.75, 3.05) is 25.9 Å². The molecule has 0 aliphatic carbocycles. The average molecular weight is 274 g/mol. The van der Waals surface area contributed by atoms with Crippen molar-refractivity contribution in [3.8, 4) is 0 Å². The summed E-state index contributed by atoms with van der Waals surface area (Å²) < 4.78 is 38.4. The molecule has 1 aromatic rings. The highest BCUT2D eigenvalue weighted by molar-refractivity contribution is 7.89. The Kier molecular flexibility index (Phi) is 5.71. The van der Waals surface area contributed by atoms with E-state index < -0.39 is 10.0 Å². The molecule has 1 aromatic carbocycles. The molecule has 0 saturated carbocycles. The highest BCUT2D eigenvalue weighted by atomic mass is 32.2. The fourth-order valence-electron chi connectivity index (χ4n) is 1.50. The van der Waals surface area contributed by atoms with Crippen LogP contribution in [-0.4, -0.2) is 38.6 Å². The van der Waals surface area contributed by atoms with E-state index in [1.54, 1.807) is 18.2 Å². The van der Waals surface area contributed by atoms with Gasteiger partial charge < -0.3 is 5.32 Å². The van der Waals surface area contributed by atoms with Gasteiger partial charge in [-0.1, -0.05) is 25.1 Å². The maximum Gasteiger partial charge on any atom is 0.215 e. The van der Waals surface area contributed by atoms with Gasteiger partial charge in [0.15, 0.2) is 0 Å². The smallest absolute Gasteiger partial charge is 0.215 e. The van der Waals surface area contributed by atoms with E-state index in [-0.39, 0.29) is 18.1 Å². The van der Waals surface area contributed by atoms with Crippen LogP contribution in [0.1, 0.15) is 12.5 Å². The van der Waals surface area contributed by atoms with E-state index in [2.05, 4.69) is 5.32 Å². The Balaban J connectivity index is 2.64. The Bertz CT molecular complexity index is 477. The highest BCUT2D eigenvalue weighted by Gasteiger charge is 2.18. The van der Waals surface area contributed by atoms with Gasteiger partial charge in [0.1, 0.15) is 5.82 Å². The van der Waals surface area contributed by atoms with E-state index in [1.807, 2.05) is 6.92 Å². The van der Waals surface area contributed by atoms with Crippen LogP contribution in [0, 0.1) is 5.82 Å². The van der Waals surface area contributed by atoms with E-state index in [4.69, 9.17) is 0 Å². The third kappa shape index (κ3) is 4.36. The third-order valence-corrected chi connectivity index (χ3v) is 4.41. The summed E-state index contributed by atoms with van der Waals surface area (Å²) in [4.78, 5) is 0.